The second-order valence-electron chi connectivity index (χ2n) is 0.267. The SMILES string of the molecule is FC[Si]F. The molecule has 0 atom stereocenters. The van der Waals surface area contributed by atoms with E-state index in [1.54, 1.807) is 0 Å². The minimum absolute atomic E-state index is 0.819. The van der Waals surface area contributed by atoms with E-state index in [0.29, 0.717) is 0 Å². The lowest BCUT2D eigenvalue weighted by molar-refractivity contribution is 0.575. The van der Waals surface area contributed by atoms with Gasteiger partial charge in [-0.05, 0) is 0 Å². The molecule has 2 radical (unpaired) electrons. The zero-order valence-corrected chi connectivity index (χ0v) is 2.96. The fraction of sp³-hybridized carbons (Fsp3) is 1.00. The van der Waals surface area contributed by atoms with Crippen molar-refractivity contribution in [3.8, 4) is 0 Å². The van der Waals surface area contributed by atoms with Crippen LogP contribution in [0.2, 0.25) is 0 Å². The van der Waals surface area contributed by atoms with Gasteiger partial charge in [-0.25, -0.2) is 0 Å². The number of hydrogen-bond acceptors (Lipinski definition) is 0. The van der Waals surface area contributed by atoms with Crippen molar-refractivity contribution in [2.75, 3.05) is 6.30 Å². The summed E-state index contributed by atoms with van der Waals surface area (Å²) >= 11 is 0. The van der Waals surface area contributed by atoms with Gasteiger partial charge in [0.2, 0.25) is 0 Å². The first-order valence-corrected chi connectivity index (χ1v) is 1.89. The summed E-state index contributed by atoms with van der Waals surface area (Å²) in [6.45, 7) is 0. The Morgan fingerprint density at radius 2 is 2.00 bits per heavy atom. The van der Waals surface area contributed by atoms with Crippen LogP contribution in [0.1, 0.15) is 0 Å². The zero-order valence-electron chi connectivity index (χ0n) is 1.96. The first-order valence-electron chi connectivity index (χ1n) is 0.810. The van der Waals surface area contributed by atoms with Crippen LogP contribution in [0.4, 0.5) is 8.50 Å². The molecule has 0 rings (SSSR count). The fourth-order valence-corrected chi connectivity index (χ4v) is 0. The minimum Gasteiger partial charge on any atom is -0.312 e. The van der Waals surface area contributed by atoms with Crippen molar-refractivity contribution in [2.24, 2.45) is 0 Å². The van der Waals surface area contributed by atoms with Crippen LogP contribution < -0.4 is 0 Å². The molecule has 0 aromatic heterocycles. The third-order valence-corrected chi connectivity index (χ3v) is 0.152. The summed E-state index contributed by atoms with van der Waals surface area (Å²) < 4.78 is 20.7. The van der Waals surface area contributed by atoms with Crippen molar-refractivity contribution in [3.63, 3.8) is 0 Å². The lowest BCUT2D eigenvalue weighted by Crippen LogP contribution is -1.76. The Hall–Kier alpha value is 0.0769. The highest BCUT2D eigenvalue weighted by molar-refractivity contribution is 6.25. The van der Waals surface area contributed by atoms with Crippen LogP contribution in [0.5, 0.6) is 0 Å². The molecule has 0 fully saturated rings. The summed E-state index contributed by atoms with van der Waals surface area (Å²) in [5, 5.41) is 0. The smallest absolute Gasteiger partial charge is 0.312 e. The molecule has 0 amide bonds. The Bertz CT molecular complexity index is 8.00. The molecule has 0 aliphatic carbocycles. The quantitative estimate of drug-likeness (QED) is 0.318. The van der Waals surface area contributed by atoms with Crippen molar-refractivity contribution in [1.29, 1.82) is 0 Å². The maximum Gasteiger partial charge on any atom is 0.328 e. The van der Waals surface area contributed by atoms with Crippen molar-refractivity contribution >= 4 is 9.85 Å². The molecule has 3 heteroatoms. The van der Waals surface area contributed by atoms with E-state index in [1.165, 1.54) is 0 Å². The summed E-state index contributed by atoms with van der Waals surface area (Å²) in [5.41, 5.74) is 0. The molecule has 0 aliphatic rings. The van der Waals surface area contributed by atoms with Crippen LogP contribution in [-0.4, -0.2) is 16.2 Å². The van der Waals surface area contributed by atoms with Gasteiger partial charge in [0.1, 0.15) is 6.30 Å². The average molecular weight is 80.1 g/mol. The lowest BCUT2D eigenvalue weighted by Gasteiger charge is -1.56. The summed E-state index contributed by atoms with van der Waals surface area (Å²) in [5.74, 6) is 0. The van der Waals surface area contributed by atoms with E-state index in [2.05, 4.69) is 0 Å². The Balaban J connectivity index is 1.97. The van der Waals surface area contributed by atoms with Gasteiger partial charge in [-0.1, -0.05) is 0 Å². The molecule has 0 spiro atoms. The van der Waals surface area contributed by atoms with Crippen molar-refractivity contribution in [2.45, 2.75) is 0 Å². The second kappa shape index (κ2) is 3.08. The molecule has 0 aromatic rings. The van der Waals surface area contributed by atoms with Crippen LogP contribution in [0, 0.1) is 0 Å². The van der Waals surface area contributed by atoms with Crippen molar-refractivity contribution in [1.82, 2.24) is 0 Å². The molecule has 0 aliphatic heterocycles. The minimum atomic E-state index is -1.03. The highest BCUT2D eigenvalue weighted by Gasteiger charge is 1.73. The van der Waals surface area contributed by atoms with Gasteiger partial charge < -0.3 is 4.11 Å². The fourth-order valence-electron chi connectivity index (χ4n) is 0. The van der Waals surface area contributed by atoms with Gasteiger partial charge in [-0.15, -0.1) is 0 Å². The Morgan fingerprint density at radius 1 is 1.75 bits per heavy atom. The first-order chi connectivity index (χ1) is 1.91. The van der Waals surface area contributed by atoms with E-state index in [1.807, 2.05) is 0 Å². The molecule has 0 nitrogen and oxygen atoms in total. The van der Waals surface area contributed by atoms with Crippen LogP contribution >= 0.6 is 0 Å². The molecular formula is CH2F2Si. The second-order valence-corrected chi connectivity index (χ2v) is 0.802. The van der Waals surface area contributed by atoms with Gasteiger partial charge in [0.25, 0.3) is 0 Å². The highest BCUT2D eigenvalue weighted by atomic mass is 28.3. The van der Waals surface area contributed by atoms with E-state index in [-0.39, 0.29) is 0 Å². The van der Waals surface area contributed by atoms with E-state index in [4.69, 9.17) is 0 Å². The number of hydrogen-bond donors (Lipinski definition) is 0. The largest absolute Gasteiger partial charge is 0.328 e. The van der Waals surface area contributed by atoms with Gasteiger partial charge in [0.15, 0.2) is 0 Å². The van der Waals surface area contributed by atoms with Crippen molar-refractivity contribution in [3.05, 3.63) is 0 Å². The van der Waals surface area contributed by atoms with Crippen LogP contribution in [0.3, 0.4) is 0 Å². The average Bonchev–Trinajstić information content (AvgIpc) is 1.37. The highest BCUT2D eigenvalue weighted by Crippen LogP contribution is 1.58. The van der Waals surface area contributed by atoms with Crippen LogP contribution in [0.15, 0.2) is 0 Å². The van der Waals surface area contributed by atoms with E-state index in [9.17, 15) is 8.50 Å². The lowest BCUT2D eigenvalue weighted by atomic mass is 11.8. The van der Waals surface area contributed by atoms with Crippen LogP contribution in [0.25, 0.3) is 0 Å². The molecular weight excluding hydrogens is 78.1 g/mol. The molecule has 0 saturated heterocycles. The Kier molecular flexibility index (Phi) is 3.14. The van der Waals surface area contributed by atoms with E-state index in [0.717, 1.165) is 0 Å². The van der Waals surface area contributed by atoms with Gasteiger partial charge >= 0.3 is 9.85 Å². The van der Waals surface area contributed by atoms with Crippen molar-refractivity contribution < 1.29 is 8.50 Å². The Morgan fingerprint density at radius 3 is 2.00 bits per heavy atom. The van der Waals surface area contributed by atoms with Gasteiger partial charge in [0, 0.05) is 0 Å². The van der Waals surface area contributed by atoms with E-state index < -0.39 is 16.2 Å². The maximum absolute atomic E-state index is 10.4. The molecule has 0 heterocycles. The standard InChI is InChI=1S/CH2F2Si/c2-1-4-3/h1H2. The third kappa shape index (κ3) is 2.08. The third-order valence-electron chi connectivity index (χ3n) is 0.0505. The predicted octanol–water partition coefficient (Wildman–Crippen LogP) is 0.502. The normalized spacial score (nSPS) is 7.50. The van der Waals surface area contributed by atoms with Crippen LogP contribution in [-0.2, 0) is 0 Å². The molecule has 0 bridgehead atoms. The number of alkyl halides is 1. The van der Waals surface area contributed by atoms with Gasteiger partial charge in [0.05, 0.1) is 0 Å². The monoisotopic (exact) mass is 80.0 g/mol. The molecule has 4 heavy (non-hydrogen) atoms. The maximum atomic E-state index is 10.4. The molecule has 0 saturated carbocycles. The summed E-state index contributed by atoms with van der Waals surface area (Å²) in [6.07, 6.45) is -0.819. The summed E-state index contributed by atoms with van der Waals surface area (Å²) in [4.78, 5) is 0. The Labute approximate surface area is 25.8 Å². The molecule has 24 valence electrons. The number of rotatable bonds is 1. The first kappa shape index (κ1) is 4.08. The number of halogens is 2. The predicted molar refractivity (Wildman–Crippen MR) is 12.8 cm³/mol. The van der Waals surface area contributed by atoms with E-state index >= 15 is 0 Å². The van der Waals surface area contributed by atoms with Gasteiger partial charge in [-0.2, -0.15) is 0 Å². The molecule has 0 aromatic carbocycles. The van der Waals surface area contributed by atoms with Gasteiger partial charge in [-0.3, -0.25) is 4.39 Å². The topological polar surface area (TPSA) is 0 Å². The zero-order chi connectivity index (χ0) is 3.41. The molecule has 0 unspecified atom stereocenters. The summed E-state index contributed by atoms with van der Waals surface area (Å²) in [7, 11) is -1.03. The molecule has 0 N–H and O–H groups in total. The summed E-state index contributed by atoms with van der Waals surface area (Å²) in [6, 6.07) is 0.